The van der Waals surface area contributed by atoms with Gasteiger partial charge in [-0.15, -0.1) is 13.2 Å². The van der Waals surface area contributed by atoms with Crippen molar-refractivity contribution in [2.24, 2.45) is 0 Å². The second-order valence-corrected chi connectivity index (χ2v) is 8.59. The van der Waals surface area contributed by atoms with E-state index < -0.39 is 22.1 Å². The molecule has 0 saturated carbocycles. The number of anilines is 1. The van der Waals surface area contributed by atoms with Gasteiger partial charge in [0, 0.05) is 35.9 Å². The Bertz CT molecular complexity index is 1200. The Balaban J connectivity index is 1.76. The standard InChI is InChI=1S/C21H22F3N3O4S/c1-3-26(4-2)20(28)14-27-12-11-15-13-16(5-10-19(15)27)25-32(29,30)18-8-6-17(7-9-18)31-21(22,23)24/h5-13,25H,3-4,14H2,1-2H3. The number of hydrogen-bond donors (Lipinski definition) is 1. The number of nitrogens with one attached hydrogen (secondary N) is 1. The molecule has 0 radical (unpaired) electrons. The number of halogens is 3. The fourth-order valence-corrected chi connectivity index (χ4v) is 4.31. The molecule has 3 aromatic rings. The van der Waals surface area contributed by atoms with Crippen LogP contribution in [0.3, 0.4) is 0 Å². The summed E-state index contributed by atoms with van der Waals surface area (Å²) in [5.74, 6) is -0.534. The number of hydrogen-bond acceptors (Lipinski definition) is 4. The maximum atomic E-state index is 12.6. The molecule has 0 atom stereocenters. The fraction of sp³-hybridized carbons (Fsp3) is 0.286. The predicted molar refractivity (Wildman–Crippen MR) is 114 cm³/mol. The molecule has 0 saturated heterocycles. The number of likely N-dealkylation sites (N-methyl/N-ethyl adjacent to an activating group) is 1. The van der Waals surface area contributed by atoms with E-state index in [-0.39, 0.29) is 23.0 Å². The van der Waals surface area contributed by atoms with Crippen LogP contribution in [0.4, 0.5) is 18.9 Å². The Morgan fingerprint density at radius 3 is 2.31 bits per heavy atom. The number of fused-ring (bicyclic) bond motifs is 1. The molecule has 2 aromatic carbocycles. The number of rotatable bonds is 8. The number of amides is 1. The van der Waals surface area contributed by atoms with E-state index in [0.717, 1.165) is 35.2 Å². The van der Waals surface area contributed by atoms with Gasteiger partial charge in [-0.3, -0.25) is 9.52 Å². The van der Waals surface area contributed by atoms with Crippen LogP contribution in [-0.4, -0.2) is 43.2 Å². The molecule has 172 valence electrons. The highest BCUT2D eigenvalue weighted by Crippen LogP contribution is 2.26. The quantitative estimate of drug-likeness (QED) is 0.536. The first-order valence-electron chi connectivity index (χ1n) is 9.77. The molecule has 1 N–H and O–H groups in total. The Morgan fingerprint density at radius 1 is 1.06 bits per heavy atom. The predicted octanol–water partition coefficient (Wildman–Crippen LogP) is 4.21. The van der Waals surface area contributed by atoms with E-state index >= 15 is 0 Å². The highest BCUT2D eigenvalue weighted by molar-refractivity contribution is 7.92. The minimum atomic E-state index is -4.86. The van der Waals surface area contributed by atoms with Crippen molar-refractivity contribution in [3.05, 3.63) is 54.7 Å². The largest absolute Gasteiger partial charge is 0.573 e. The van der Waals surface area contributed by atoms with Gasteiger partial charge in [-0.25, -0.2) is 8.42 Å². The lowest BCUT2D eigenvalue weighted by atomic mass is 10.2. The lowest BCUT2D eigenvalue weighted by molar-refractivity contribution is -0.274. The molecule has 0 spiro atoms. The molecule has 1 heterocycles. The topological polar surface area (TPSA) is 80.6 Å². The van der Waals surface area contributed by atoms with Crippen LogP contribution in [0.2, 0.25) is 0 Å². The number of ether oxygens (including phenoxy) is 1. The lowest BCUT2D eigenvalue weighted by Crippen LogP contribution is -2.33. The Kier molecular flexibility index (Phi) is 6.68. The summed E-state index contributed by atoms with van der Waals surface area (Å²) >= 11 is 0. The second-order valence-electron chi connectivity index (χ2n) is 6.91. The van der Waals surface area contributed by atoms with Crippen molar-refractivity contribution in [2.45, 2.75) is 31.7 Å². The third-order valence-electron chi connectivity index (χ3n) is 4.81. The van der Waals surface area contributed by atoms with Crippen molar-refractivity contribution in [2.75, 3.05) is 17.8 Å². The van der Waals surface area contributed by atoms with Gasteiger partial charge in [0.25, 0.3) is 10.0 Å². The monoisotopic (exact) mass is 469 g/mol. The lowest BCUT2D eigenvalue weighted by Gasteiger charge is -2.19. The Morgan fingerprint density at radius 2 is 1.72 bits per heavy atom. The summed E-state index contributed by atoms with van der Waals surface area (Å²) < 4.78 is 69.9. The summed E-state index contributed by atoms with van der Waals surface area (Å²) in [5.41, 5.74) is 1.04. The SMILES string of the molecule is CCN(CC)C(=O)Cn1ccc2cc(NS(=O)(=O)c3ccc(OC(F)(F)F)cc3)ccc21. The van der Waals surface area contributed by atoms with Gasteiger partial charge in [0.05, 0.1) is 4.90 Å². The molecule has 0 aliphatic heterocycles. The van der Waals surface area contributed by atoms with Gasteiger partial charge in [-0.2, -0.15) is 0 Å². The van der Waals surface area contributed by atoms with Crippen molar-refractivity contribution in [1.29, 1.82) is 0 Å². The van der Waals surface area contributed by atoms with Crippen molar-refractivity contribution in [3.63, 3.8) is 0 Å². The van der Waals surface area contributed by atoms with E-state index in [0.29, 0.717) is 13.1 Å². The molecule has 0 aliphatic carbocycles. The van der Waals surface area contributed by atoms with Crippen LogP contribution in [0.1, 0.15) is 13.8 Å². The molecule has 1 aromatic heterocycles. The minimum Gasteiger partial charge on any atom is -0.406 e. The summed E-state index contributed by atoms with van der Waals surface area (Å²) in [5, 5.41) is 0.728. The van der Waals surface area contributed by atoms with E-state index in [1.807, 2.05) is 13.8 Å². The Hall–Kier alpha value is -3.21. The molecule has 11 heteroatoms. The van der Waals surface area contributed by atoms with E-state index in [4.69, 9.17) is 0 Å². The average Bonchev–Trinajstić information content (AvgIpc) is 3.09. The van der Waals surface area contributed by atoms with Crippen LogP contribution in [0.5, 0.6) is 5.75 Å². The molecule has 0 fully saturated rings. The Labute approximate surface area is 183 Å². The first kappa shape index (κ1) is 23.5. The number of aromatic nitrogens is 1. The maximum Gasteiger partial charge on any atom is 0.573 e. The first-order chi connectivity index (χ1) is 15.0. The molecule has 32 heavy (non-hydrogen) atoms. The number of nitrogens with zero attached hydrogens (tertiary/aromatic N) is 2. The zero-order chi connectivity index (χ0) is 23.5. The van der Waals surface area contributed by atoms with Crippen molar-refractivity contribution in [3.8, 4) is 5.75 Å². The van der Waals surface area contributed by atoms with Crippen LogP contribution in [-0.2, 0) is 21.4 Å². The number of carbonyl (C=O) groups is 1. The normalized spacial score (nSPS) is 12.0. The van der Waals surface area contributed by atoms with Crippen molar-refractivity contribution < 1.29 is 31.1 Å². The van der Waals surface area contributed by atoms with Gasteiger partial charge in [-0.05, 0) is 62.4 Å². The zero-order valence-corrected chi connectivity index (χ0v) is 18.2. The average molecular weight is 469 g/mol. The minimum absolute atomic E-state index is 0.0183. The van der Waals surface area contributed by atoms with Crippen LogP contribution in [0, 0.1) is 0 Å². The number of carbonyl (C=O) groups excluding carboxylic acids is 1. The van der Waals surface area contributed by atoms with E-state index in [1.165, 1.54) is 0 Å². The van der Waals surface area contributed by atoms with E-state index in [2.05, 4.69) is 9.46 Å². The molecular weight excluding hydrogens is 447 g/mol. The zero-order valence-electron chi connectivity index (χ0n) is 17.4. The van der Waals surface area contributed by atoms with E-state index in [9.17, 15) is 26.4 Å². The van der Waals surface area contributed by atoms with Gasteiger partial charge in [0.2, 0.25) is 5.91 Å². The van der Waals surface area contributed by atoms with Crippen molar-refractivity contribution in [1.82, 2.24) is 9.47 Å². The van der Waals surface area contributed by atoms with Gasteiger partial charge in [0.1, 0.15) is 12.3 Å². The van der Waals surface area contributed by atoms with Gasteiger partial charge >= 0.3 is 6.36 Å². The third kappa shape index (κ3) is 5.52. The smallest absolute Gasteiger partial charge is 0.406 e. The third-order valence-corrected chi connectivity index (χ3v) is 6.21. The van der Waals surface area contributed by atoms with Crippen LogP contribution < -0.4 is 9.46 Å². The summed E-state index contributed by atoms with van der Waals surface area (Å²) in [4.78, 5) is 13.9. The van der Waals surface area contributed by atoms with Crippen molar-refractivity contribution >= 4 is 32.5 Å². The number of benzene rings is 2. The van der Waals surface area contributed by atoms with Gasteiger partial charge < -0.3 is 14.2 Å². The number of sulfonamides is 1. The molecule has 1 amide bonds. The summed E-state index contributed by atoms with van der Waals surface area (Å²) in [6, 6.07) is 10.5. The summed E-state index contributed by atoms with van der Waals surface area (Å²) in [6.45, 7) is 5.21. The molecule has 0 aliphatic rings. The van der Waals surface area contributed by atoms with Crippen LogP contribution in [0.25, 0.3) is 10.9 Å². The summed E-state index contributed by atoms with van der Waals surface area (Å²) in [6.07, 6.45) is -3.11. The summed E-state index contributed by atoms with van der Waals surface area (Å²) in [7, 11) is -4.03. The molecule has 0 unspecified atom stereocenters. The first-order valence-corrected chi connectivity index (χ1v) is 11.3. The molecule has 3 rings (SSSR count). The van der Waals surface area contributed by atoms with E-state index in [1.54, 1.807) is 39.9 Å². The number of alkyl halides is 3. The van der Waals surface area contributed by atoms with Crippen LogP contribution >= 0.6 is 0 Å². The maximum absolute atomic E-state index is 12.6. The fourth-order valence-electron chi connectivity index (χ4n) is 3.26. The highest BCUT2D eigenvalue weighted by atomic mass is 32.2. The molecule has 0 bridgehead atoms. The second kappa shape index (κ2) is 9.11. The van der Waals surface area contributed by atoms with Gasteiger partial charge in [-0.1, -0.05) is 0 Å². The van der Waals surface area contributed by atoms with Crippen LogP contribution in [0.15, 0.2) is 59.6 Å². The molecular formula is C21H22F3N3O4S. The van der Waals surface area contributed by atoms with Gasteiger partial charge in [0.15, 0.2) is 0 Å². The highest BCUT2D eigenvalue weighted by Gasteiger charge is 2.31. The molecule has 7 nitrogen and oxygen atoms in total.